The number of amides is 2. The van der Waals surface area contributed by atoms with Crippen LogP contribution in [0.4, 0.5) is 5.69 Å². The SMILES string of the molecule is CN(C)C(=O)C[C@@H]1C[C@H]2c3cc(ccc3OC3CCOCC3)NC(=O)[C@H]2[C@@H](CO)O1. The van der Waals surface area contributed by atoms with E-state index in [0.29, 0.717) is 25.3 Å². The van der Waals surface area contributed by atoms with Gasteiger partial charge in [0, 0.05) is 44.1 Å². The summed E-state index contributed by atoms with van der Waals surface area (Å²) >= 11 is 0. The number of aliphatic hydroxyl groups excluding tert-OH is 1. The van der Waals surface area contributed by atoms with E-state index in [2.05, 4.69) is 5.32 Å². The van der Waals surface area contributed by atoms with Crippen molar-refractivity contribution in [2.45, 2.75) is 49.9 Å². The molecule has 2 saturated heterocycles. The second-order valence-electron chi connectivity index (χ2n) is 8.51. The Kier molecular flexibility index (Phi) is 6.26. The van der Waals surface area contributed by atoms with Crippen LogP contribution in [0.2, 0.25) is 0 Å². The van der Waals surface area contributed by atoms with Crippen molar-refractivity contribution >= 4 is 17.5 Å². The molecule has 0 spiro atoms. The molecule has 0 aliphatic carbocycles. The Morgan fingerprint density at radius 2 is 2.07 bits per heavy atom. The minimum Gasteiger partial charge on any atom is -0.490 e. The number of anilines is 1. The van der Waals surface area contributed by atoms with Crippen LogP contribution in [-0.4, -0.2) is 74.0 Å². The molecule has 1 aromatic carbocycles. The van der Waals surface area contributed by atoms with Gasteiger partial charge >= 0.3 is 0 Å². The molecule has 2 amide bonds. The molecule has 4 rings (SSSR count). The molecule has 3 heterocycles. The molecule has 8 heteroatoms. The first kappa shape index (κ1) is 21.1. The summed E-state index contributed by atoms with van der Waals surface area (Å²) in [5, 5.41) is 12.9. The maximum absolute atomic E-state index is 13.0. The molecule has 3 aliphatic heterocycles. The van der Waals surface area contributed by atoms with Gasteiger partial charge in [0.25, 0.3) is 0 Å². The third kappa shape index (κ3) is 4.31. The second kappa shape index (κ2) is 8.91. The van der Waals surface area contributed by atoms with Crippen LogP contribution in [-0.2, 0) is 19.1 Å². The highest BCUT2D eigenvalue weighted by atomic mass is 16.5. The molecule has 2 N–H and O–H groups in total. The molecular formula is C22H30N2O6. The standard InChI is InChI=1S/C22H30N2O6/c1-24(2)20(26)11-15-10-17-16-9-13(23-22(27)21(17)19(12-25)30-15)3-4-18(16)29-14-5-7-28-8-6-14/h3-4,9,14-15,17,19,21,25H,5-8,10-12H2,1-2H3,(H,23,27)/t15-,17-,19+,21+/m0/s1. The van der Waals surface area contributed by atoms with E-state index in [0.717, 1.165) is 24.2 Å². The Balaban J connectivity index is 1.64. The van der Waals surface area contributed by atoms with Crippen LogP contribution in [0.1, 0.15) is 37.2 Å². The molecule has 1 aromatic rings. The molecule has 2 bridgehead atoms. The number of benzene rings is 1. The lowest BCUT2D eigenvalue weighted by atomic mass is 9.76. The summed E-state index contributed by atoms with van der Waals surface area (Å²) in [6, 6.07) is 5.71. The van der Waals surface area contributed by atoms with Crippen LogP contribution in [0, 0.1) is 5.92 Å². The normalized spacial score (nSPS) is 28.8. The number of ether oxygens (including phenoxy) is 3. The summed E-state index contributed by atoms with van der Waals surface area (Å²) in [7, 11) is 3.42. The topological polar surface area (TPSA) is 97.3 Å². The van der Waals surface area contributed by atoms with Crippen molar-refractivity contribution in [2.24, 2.45) is 5.92 Å². The van der Waals surface area contributed by atoms with Crippen molar-refractivity contribution in [1.29, 1.82) is 0 Å². The van der Waals surface area contributed by atoms with Gasteiger partial charge < -0.3 is 29.5 Å². The number of rotatable bonds is 5. The van der Waals surface area contributed by atoms with Crippen molar-refractivity contribution in [3.63, 3.8) is 0 Å². The fourth-order valence-electron chi connectivity index (χ4n) is 4.64. The van der Waals surface area contributed by atoms with E-state index in [-0.39, 0.29) is 43.0 Å². The minimum atomic E-state index is -0.672. The van der Waals surface area contributed by atoms with Crippen LogP contribution in [0.3, 0.4) is 0 Å². The van der Waals surface area contributed by atoms with Crippen molar-refractivity contribution in [3.05, 3.63) is 23.8 Å². The number of carbonyl (C=O) groups is 2. The summed E-state index contributed by atoms with van der Waals surface area (Å²) < 4.78 is 17.8. The number of nitrogens with zero attached hydrogens (tertiary/aromatic N) is 1. The number of fused-ring (bicyclic) bond motifs is 4. The lowest BCUT2D eigenvalue weighted by Crippen LogP contribution is -2.48. The molecule has 0 aromatic heterocycles. The van der Waals surface area contributed by atoms with Crippen LogP contribution in [0.5, 0.6) is 5.75 Å². The van der Waals surface area contributed by atoms with Gasteiger partial charge in [-0.05, 0) is 24.6 Å². The minimum absolute atomic E-state index is 0.0411. The van der Waals surface area contributed by atoms with Crippen molar-refractivity contribution < 1.29 is 28.9 Å². The lowest BCUT2D eigenvalue weighted by molar-refractivity contribution is -0.150. The van der Waals surface area contributed by atoms with E-state index in [9.17, 15) is 14.7 Å². The van der Waals surface area contributed by atoms with E-state index >= 15 is 0 Å². The first-order chi connectivity index (χ1) is 14.5. The molecular weight excluding hydrogens is 388 g/mol. The predicted molar refractivity (Wildman–Crippen MR) is 109 cm³/mol. The Labute approximate surface area is 176 Å². The maximum atomic E-state index is 13.0. The average molecular weight is 418 g/mol. The highest BCUT2D eigenvalue weighted by Gasteiger charge is 2.46. The van der Waals surface area contributed by atoms with Crippen LogP contribution in [0.25, 0.3) is 0 Å². The van der Waals surface area contributed by atoms with Gasteiger partial charge in [0.2, 0.25) is 11.8 Å². The van der Waals surface area contributed by atoms with Gasteiger partial charge in [-0.15, -0.1) is 0 Å². The van der Waals surface area contributed by atoms with Crippen molar-refractivity contribution in [2.75, 3.05) is 39.2 Å². The summed E-state index contributed by atoms with van der Waals surface area (Å²) in [6.45, 7) is 1.08. The van der Waals surface area contributed by atoms with E-state index in [1.807, 2.05) is 18.2 Å². The summed E-state index contributed by atoms with van der Waals surface area (Å²) in [4.78, 5) is 26.8. The zero-order valence-corrected chi connectivity index (χ0v) is 17.5. The first-order valence-electron chi connectivity index (χ1n) is 10.6. The number of aliphatic hydroxyl groups is 1. The third-order valence-electron chi connectivity index (χ3n) is 6.24. The van der Waals surface area contributed by atoms with Gasteiger partial charge in [-0.1, -0.05) is 0 Å². The van der Waals surface area contributed by atoms with E-state index in [1.54, 1.807) is 14.1 Å². The smallest absolute Gasteiger partial charge is 0.230 e. The molecule has 3 aliphatic rings. The summed E-state index contributed by atoms with van der Waals surface area (Å²) in [6.07, 6.45) is 1.42. The van der Waals surface area contributed by atoms with Gasteiger partial charge in [-0.25, -0.2) is 0 Å². The number of nitrogens with one attached hydrogen (secondary N) is 1. The Morgan fingerprint density at radius 1 is 1.30 bits per heavy atom. The fraction of sp³-hybridized carbons (Fsp3) is 0.636. The number of hydrogen-bond acceptors (Lipinski definition) is 6. The zero-order chi connectivity index (χ0) is 21.3. The van der Waals surface area contributed by atoms with E-state index < -0.39 is 12.0 Å². The third-order valence-corrected chi connectivity index (χ3v) is 6.24. The summed E-state index contributed by atoms with van der Waals surface area (Å²) in [5.74, 6) is -0.200. The molecule has 0 radical (unpaired) electrons. The monoisotopic (exact) mass is 418 g/mol. The van der Waals surface area contributed by atoms with Crippen LogP contribution in [0.15, 0.2) is 18.2 Å². The Hall–Kier alpha value is -2.16. The summed E-state index contributed by atoms with van der Waals surface area (Å²) in [5.41, 5.74) is 1.65. The van der Waals surface area contributed by atoms with Gasteiger partial charge in [0.15, 0.2) is 0 Å². The van der Waals surface area contributed by atoms with Gasteiger partial charge in [-0.3, -0.25) is 9.59 Å². The molecule has 30 heavy (non-hydrogen) atoms. The quantitative estimate of drug-likeness (QED) is 0.753. The predicted octanol–water partition coefficient (Wildman–Crippen LogP) is 1.52. The molecule has 2 fully saturated rings. The fourth-order valence-corrected chi connectivity index (χ4v) is 4.64. The highest BCUT2D eigenvalue weighted by molar-refractivity contribution is 5.95. The van der Waals surface area contributed by atoms with E-state index in [1.165, 1.54) is 4.90 Å². The molecule has 8 nitrogen and oxygen atoms in total. The van der Waals surface area contributed by atoms with Crippen LogP contribution < -0.4 is 10.1 Å². The van der Waals surface area contributed by atoms with Gasteiger partial charge in [0.05, 0.1) is 44.4 Å². The second-order valence-corrected chi connectivity index (χ2v) is 8.51. The van der Waals surface area contributed by atoms with Gasteiger partial charge in [0.1, 0.15) is 11.9 Å². The molecule has 0 saturated carbocycles. The van der Waals surface area contributed by atoms with E-state index in [4.69, 9.17) is 14.2 Å². The Morgan fingerprint density at radius 3 is 2.77 bits per heavy atom. The first-order valence-corrected chi connectivity index (χ1v) is 10.6. The average Bonchev–Trinajstić information content (AvgIpc) is 2.85. The maximum Gasteiger partial charge on any atom is 0.230 e. The highest BCUT2D eigenvalue weighted by Crippen LogP contribution is 2.46. The molecule has 4 atom stereocenters. The van der Waals surface area contributed by atoms with Crippen LogP contribution >= 0.6 is 0 Å². The van der Waals surface area contributed by atoms with Gasteiger partial charge in [-0.2, -0.15) is 0 Å². The molecule has 164 valence electrons. The largest absolute Gasteiger partial charge is 0.490 e. The number of hydrogen-bond donors (Lipinski definition) is 2. The lowest BCUT2D eigenvalue weighted by Gasteiger charge is -2.40. The number of carbonyl (C=O) groups excluding carboxylic acids is 2. The van der Waals surface area contributed by atoms with Crippen molar-refractivity contribution in [3.8, 4) is 5.75 Å². The Bertz CT molecular complexity index is 792. The molecule has 0 unspecified atom stereocenters. The zero-order valence-electron chi connectivity index (χ0n) is 17.5. The van der Waals surface area contributed by atoms with Crippen molar-refractivity contribution in [1.82, 2.24) is 4.90 Å².